The second-order valence-corrected chi connectivity index (χ2v) is 7.55. The minimum Gasteiger partial charge on any atom is -0.481 e. The number of rotatable bonds is 7. The van der Waals surface area contributed by atoms with Gasteiger partial charge in [-0.1, -0.05) is 12.1 Å². The molecule has 1 aliphatic rings. The first-order valence-electron chi connectivity index (χ1n) is 8.51. The third-order valence-electron chi connectivity index (χ3n) is 3.83. The Morgan fingerprint density at radius 1 is 1.10 bits per heavy atom. The summed E-state index contributed by atoms with van der Waals surface area (Å²) < 4.78 is 47.1. The highest BCUT2D eigenvalue weighted by molar-refractivity contribution is 7.90. The standard InChI is InChI=1S/C17H18N4O8S/c1-26-13-7-14(27-2)19-16(18-13)20-17(23)21-30(24,25)12-6-4-3-5-11(12)15(22)29-10-8-28-9-10/h3-7,10H,8-9H2,1-2H3,(H2,18,19,20,21,23). The molecule has 0 unspecified atom stereocenters. The van der Waals surface area contributed by atoms with Crippen LogP contribution in [0.4, 0.5) is 10.7 Å². The number of carbonyl (C=O) groups is 2. The van der Waals surface area contributed by atoms with Crippen LogP contribution in [-0.4, -0.2) is 63.9 Å². The fraction of sp³-hybridized carbons (Fsp3) is 0.294. The summed E-state index contributed by atoms with van der Waals surface area (Å²) in [4.78, 5) is 31.9. The molecule has 0 radical (unpaired) electrons. The van der Waals surface area contributed by atoms with E-state index in [4.69, 9.17) is 18.9 Å². The third-order valence-corrected chi connectivity index (χ3v) is 5.22. The van der Waals surface area contributed by atoms with Gasteiger partial charge in [-0.15, -0.1) is 0 Å². The molecule has 1 saturated heterocycles. The summed E-state index contributed by atoms with van der Waals surface area (Å²) in [6.45, 7) is 0.483. The largest absolute Gasteiger partial charge is 0.481 e. The minimum atomic E-state index is -4.42. The molecule has 0 saturated carbocycles. The van der Waals surface area contributed by atoms with Gasteiger partial charge in [0.15, 0.2) is 0 Å². The molecule has 160 valence electrons. The van der Waals surface area contributed by atoms with Crippen LogP contribution in [0.5, 0.6) is 11.8 Å². The average Bonchev–Trinajstić information content (AvgIpc) is 2.69. The topological polar surface area (TPSA) is 155 Å². The Labute approximate surface area is 171 Å². The lowest BCUT2D eigenvalue weighted by Gasteiger charge is -2.25. The molecule has 2 amide bonds. The number of hydrogen-bond donors (Lipinski definition) is 2. The molecule has 2 aromatic rings. The predicted molar refractivity (Wildman–Crippen MR) is 101 cm³/mol. The summed E-state index contributed by atoms with van der Waals surface area (Å²) in [5.74, 6) is -0.914. The molecular weight excluding hydrogens is 420 g/mol. The van der Waals surface area contributed by atoms with Gasteiger partial charge < -0.3 is 18.9 Å². The zero-order valence-electron chi connectivity index (χ0n) is 15.9. The number of nitrogens with zero attached hydrogens (tertiary/aromatic N) is 2. The third kappa shape index (κ3) is 4.93. The minimum absolute atomic E-state index is 0.0908. The van der Waals surface area contributed by atoms with Crippen LogP contribution in [0.25, 0.3) is 0 Å². The van der Waals surface area contributed by atoms with Gasteiger partial charge in [0.25, 0.3) is 10.0 Å². The number of anilines is 1. The molecule has 13 heteroatoms. The van der Waals surface area contributed by atoms with Crippen molar-refractivity contribution in [1.29, 1.82) is 0 Å². The number of benzene rings is 1. The molecule has 0 spiro atoms. The van der Waals surface area contributed by atoms with Gasteiger partial charge in [0.2, 0.25) is 17.7 Å². The molecule has 2 heterocycles. The zero-order valence-corrected chi connectivity index (χ0v) is 16.8. The number of methoxy groups -OCH3 is 2. The number of amides is 2. The van der Waals surface area contributed by atoms with E-state index in [-0.39, 0.29) is 36.5 Å². The van der Waals surface area contributed by atoms with Crippen molar-refractivity contribution < 1.29 is 37.0 Å². The normalized spacial score (nSPS) is 13.7. The van der Waals surface area contributed by atoms with Crippen molar-refractivity contribution in [2.24, 2.45) is 0 Å². The summed E-state index contributed by atoms with van der Waals surface area (Å²) in [7, 11) is -1.73. The lowest BCUT2D eigenvalue weighted by Crippen LogP contribution is -2.39. The van der Waals surface area contributed by atoms with E-state index >= 15 is 0 Å². The molecule has 0 atom stereocenters. The fourth-order valence-electron chi connectivity index (χ4n) is 2.34. The van der Waals surface area contributed by atoms with Gasteiger partial charge >= 0.3 is 12.0 Å². The van der Waals surface area contributed by atoms with E-state index in [0.29, 0.717) is 0 Å². The van der Waals surface area contributed by atoms with Crippen LogP contribution in [0.3, 0.4) is 0 Å². The monoisotopic (exact) mass is 438 g/mol. The Kier molecular flexibility index (Phi) is 6.32. The van der Waals surface area contributed by atoms with Crippen molar-refractivity contribution in [1.82, 2.24) is 14.7 Å². The Morgan fingerprint density at radius 2 is 1.73 bits per heavy atom. The van der Waals surface area contributed by atoms with Gasteiger partial charge in [0.05, 0.1) is 39.1 Å². The van der Waals surface area contributed by atoms with E-state index in [2.05, 4.69) is 15.3 Å². The fourth-order valence-corrected chi connectivity index (χ4v) is 3.44. The second kappa shape index (κ2) is 8.92. The number of ether oxygens (including phenoxy) is 4. The summed E-state index contributed by atoms with van der Waals surface area (Å²) >= 11 is 0. The average molecular weight is 438 g/mol. The first-order valence-corrected chi connectivity index (χ1v) is 9.99. The van der Waals surface area contributed by atoms with Gasteiger partial charge in [0, 0.05) is 0 Å². The molecule has 30 heavy (non-hydrogen) atoms. The van der Waals surface area contributed by atoms with Crippen molar-refractivity contribution in [3.8, 4) is 11.8 Å². The second-order valence-electron chi connectivity index (χ2n) is 5.90. The molecule has 2 N–H and O–H groups in total. The van der Waals surface area contributed by atoms with Gasteiger partial charge in [-0.05, 0) is 12.1 Å². The van der Waals surface area contributed by atoms with Gasteiger partial charge in [-0.3, -0.25) is 5.32 Å². The van der Waals surface area contributed by atoms with Crippen molar-refractivity contribution in [2.75, 3.05) is 32.8 Å². The van der Waals surface area contributed by atoms with E-state index in [1.54, 1.807) is 4.72 Å². The van der Waals surface area contributed by atoms with Crippen molar-refractivity contribution >= 4 is 28.0 Å². The summed E-state index contributed by atoms with van der Waals surface area (Å²) in [5.41, 5.74) is -0.219. The van der Waals surface area contributed by atoms with Crippen molar-refractivity contribution in [3.05, 3.63) is 35.9 Å². The maximum Gasteiger partial charge on any atom is 0.339 e. The number of esters is 1. The lowest BCUT2D eigenvalue weighted by molar-refractivity contribution is -0.103. The number of nitrogens with one attached hydrogen (secondary N) is 2. The van der Waals surface area contributed by atoms with Crippen LogP contribution in [0, 0.1) is 0 Å². The first kappa shape index (κ1) is 21.3. The van der Waals surface area contributed by atoms with E-state index < -0.39 is 33.0 Å². The molecule has 3 rings (SSSR count). The Hall–Kier alpha value is -3.45. The summed E-state index contributed by atoms with van der Waals surface area (Å²) in [6, 6.07) is 5.56. The quantitative estimate of drug-likeness (QED) is 0.586. The Morgan fingerprint density at radius 3 is 2.30 bits per heavy atom. The zero-order chi connectivity index (χ0) is 21.7. The smallest absolute Gasteiger partial charge is 0.339 e. The number of urea groups is 1. The molecule has 12 nitrogen and oxygen atoms in total. The van der Waals surface area contributed by atoms with Crippen LogP contribution < -0.4 is 19.5 Å². The van der Waals surface area contributed by atoms with Crippen LogP contribution in [0.2, 0.25) is 0 Å². The molecule has 0 bridgehead atoms. The Balaban J connectivity index is 1.76. The van der Waals surface area contributed by atoms with Gasteiger partial charge in [-0.25, -0.2) is 22.7 Å². The molecule has 1 fully saturated rings. The predicted octanol–water partition coefficient (Wildman–Crippen LogP) is 0.560. The van der Waals surface area contributed by atoms with Crippen LogP contribution in [0.1, 0.15) is 10.4 Å². The maximum absolute atomic E-state index is 12.7. The number of carbonyl (C=O) groups excluding carboxylic acids is 2. The van der Waals surface area contributed by atoms with Crippen LogP contribution in [-0.2, 0) is 19.5 Å². The van der Waals surface area contributed by atoms with Gasteiger partial charge in [0.1, 0.15) is 11.0 Å². The van der Waals surface area contributed by atoms with E-state index in [1.165, 1.54) is 44.6 Å². The number of hydrogen-bond acceptors (Lipinski definition) is 10. The highest BCUT2D eigenvalue weighted by atomic mass is 32.2. The molecule has 1 aromatic carbocycles. The summed E-state index contributed by atoms with van der Waals surface area (Å²) in [5, 5.41) is 2.17. The highest BCUT2D eigenvalue weighted by Crippen LogP contribution is 2.20. The maximum atomic E-state index is 12.7. The van der Waals surface area contributed by atoms with E-state index in [0.717, 1.165) is 0 Å². The number of aromatic nitrogens is 2. The molecular formula is C17H18N4O8S. The number of sulfonamides is 1. The van der Waals surface area contributed by atoms with Crippen LogP contribution in [0.15, 0.2) is 35.2 Å². The summed E-state index contributed by atoms with van der Waals surface area (Å²) in [6.07, 6.45) is -0.440. The SMILES string of the molecule is COc1cc(OC)nc(NC(=O)NS(=O)(=O)c2ccccc2C(=O)OC2COC2)n1. The molecule has 0 aliphatic carbocycles. The van der Waals surface area contributed by atoms with Crippen LogP contribution >= 0.6 is 0 Å². The lowest BCUT2D eigenvalue weighted by atomic mass is 10.2. The van der Waals surface area contributed by atoms with E-state index in [9.17, 15) is 18.0 Å². The Bertz CT molecular complexity index is 1030. The highest BCUT2D eigenvalue weighted by Gasteiger charge is 2.29. The molecule has 1 aliphatic heterocycles. The van der Waals surface area contributed by atoms with Crippen molar-refractivity contribution in [3.63, 3.8) is 0 Å². The van der Waals surface area contributed by atoms with E-state index in [1.807, 2.05) is 0 Å². The van der Waals surface area contributed by atoms with Crippen molar-refractivity contribution in [2.45, 2.75) is 11.0 Å². The molecule has 1 aromatic heterocycles. The van der Waals surface area contributed by atoms with Gasteiger partial charge in [-0.2, -0.15) is 9.97 Å². The first-order chi connectivity index (χ1) is 14.3.